The highest BCUT2D eigenvalue weighted by Crippen LogP contribution is 2.41. The van der Waals surface area contributed by atoms with Gasteiger partial charge in [0.25, 0.3) is 5.56 Å². The maximum absolute atomic E-state index is 13.3. The van der Waals surface area contributed by atoms with Crippen LogP contribution in [-0.4, -0.2) is 52.1 Å². The predicted molar refractivity (Wildman–Crippen MR) is 115 cm³/mol. The van der Waals surface area contributed by atoms with Crippen molar-refractivity contribution in [2.45, 2.75) is 45.4 Å². The minimum Gasteiger partial charge on any atom is -0.376 e. The molecule has 8 heteroatoms. The van der Waals surface area contributed by atoms with Crippen LogP contribution in [0.2, 0.25) is 0 Å². The van der Waals surface area contributed by atoms with E-state index in [9.17, 15) is 4.79 Å². The number of aromatic nitrogens is 3. The summed E-state index contributed by atoms with van der Waals surface area (Å²) in [5, 5.41) is 0. The molecule has 30 heavy (non-hydrogen) atoms. The number of hydrogen-bond donors (Lipinski definition) is 1. The Hall–Kier alpha value is -2.58. The molecular formula is C22H28N6O2. The van der Waals surface area contributed by atoms with Gasteiger partial charge < -0.3 is 15.4 Å². The van der Waals surface area contributed by atoms with Crippen molar-refractivity contribution in [1.82, 2.24) is 14.5 Å². The third-order valence-corrected chi connectivity index (χ3v) is 7.12. The van der Waals surface area contributed by atoms with Crippen molar-refractivity contribution in [2.24, 2.45) is 23.2 Å². The Labute approximate surface area is 175 Å². The van der Waals surface area contributed by atoms with E-state index in [1.54, 1.807) is 17.8 Å². The molecule has 0 radical (unpaired) electrons. The number of anilines is 1. The molecule has 0 unspecified atom stereocenters. The van der Waals surface area contributed by atoms with Crippen LogP contribution in [0.25, 0.3) is 0 Å². The molecule has 2 saturated heterocycles. The topological polar surface area (TPSA) is 98.6 Å². The Morgan fingerprint density at radius 2 is 2.07 bits per heavy atom. The monoisotopic (exact) mass is 408 g/mol. The van der Waals surface area contributed by atoms with Crippen LogP contribution in [0.1, 0.15) is 42.3 Å². The Balaban J connectivity index is 1.44. The zero-order valence-electron chi connectivity index (χ0n) is 17.8. The van der Waals surface area contributed by atoms with Gasteiger partial charge in [-0.1, -0.05) is 0 Å². The third kappa shape index (κ3) is 2.81. The number of aryl methyl sites for hydroxylation is 1. The average Bonchev–Trinajstić information content (AvgIpc) is 3.29. The third-order valence-electron chi connectivity index (χ3n) is 7.12. The first-order chi connectivity index (χ1) is 14.4. The molecule has 3 aliphatic rings. The number of pyridine rings is 1. The summed E-state index contributed by atoms with van der Waals surface area (Å²) >= 11 is 0. The van der Waals surface area contributed by atoms with Gasteiger partial charge in [0.15, 0.2) is 0 Å². The predicted octanol–water partition coefficient (Wildman–Crippen LogP) is 1.17. The molecule has 5 heterocycles. The summed E-state index contributed by atoms with van der Waals surface area (Å²) < 4.78 is 7.50. The van der Waals surface area contributed by atoms with Gasteiger partial charge in [0.1, 0.15) is 0 Å². The van der Waals surface area contributed by atoms with Crippen LogP contribution in [0, 0.1) is 12.3 Å². The molecule has 2 fully saturated rings. The van der Waals surface area contributed by atoms with Crippen LogP contribution < -0.4 is 16.2 Å². The summed E-state index contributed by atoms with van der Waals surface area (Å²) in [6.07, 6.45) is 3.75. The van der Waals surface area contributed by atoms with Crippen molar-refractivity contribution in [3.8, 4) is 0 Å². The van der Waals surface area contributed by atoms with Crippen LogP contribution >= 0.6 is 0 Å². The molecule has 0 amide bonds. The minimum absolute atomic E-state index is 0.0413. The van der Waals surface area contributed by atoms with E-state index in [4.69, 9.17) is 15.5 Å². The van der Waals surface area contributed by atoms with Gasteiger partial charge >= 0.3 is 0 Å². The molecule has 158 valence electrons. The van der Waals surface area contributed by atoms with Crippen LogP contribution in [0.3, 0.4) is 0 Å². The smallest absolute Gasteiger partial charge is 0.264 e. The van der Waals surface area contributed by atoms with Gasteiger partial charge in [-0.25, -0.2) is 4.98 Å². The molecule has 2 N–H and O–H groups in total. The van der Waals surface area contributed by atoms with Crippen LogP contribution in [0.15, 0.2) is 28.1 Å². The quantitative estimate of drug-likeness (QED) is 0.801. The zero-order valence-corrected chi connectivity index (χ0v) is 17.8. The van der Waals surface area contributed by atoms with Gasteiger partial charge in [0.2, 0.25) is 5.95 Å². The molecule has 0 saturated carbocycles. The summed E-state index contributed by atoms with van der Waals surface area (Å²) in [5.41, 5.74) is 10.3. The van der Waals surface area contributed by atoms with E-state index in [2.05, 4.69) is 21.8 Å². The number of aliphatic imine (C=N–C) groups is 1. The normalized spacial score (nSPS) is 24.9. The Morgan fingerprint density at radius 1 is 1.30 bits per heavy atom. The Morgan fingerprint density at radius 3 is 2.73 bits per heavy atom. The van der Waals surface area contributed by atoms with Crippen LogP contribution in [-0.2, 0) is 18.3 Å². The van der Waals surface area contributed by atoms with Crippen molar-refractivity contribution in [3.05, 3.63) is 51.2 Å². The number of rotatable bonds is 2. The average molecular weight is 409 g/mol. The van der Waals surface area contributed by atoms with Gasteiger partial charge in [0.05, 0.1) is 36.2 Å². The molecule has 0 aromatic carbocycles. The number of nitrogens with two attached hydrogens (primary N) is 1. The van der Waals surface area contributed by atoms with Crippen molar-refractivity contribution in [3.63, 3.8) is 0 Å². The van der Waals surface area contributed by atoms with Crippen molar-refractivity contribution >= 4 is 11.7 Å². The molecule has 2 aromatic heterocycles. The first kappa shape index (κ1) is 19.4. The Kier molecular flexibility index (Phi) is 4.52. The Bertz CT molecular complexity index is 1080. The SMILES string of the molecule is Cc1ncccc1C1=NCc2nc(N3CCC4(CC3)CO[C@@H](C)[C@H]4N)n(C)c(=O)c21. The highest BCUT2D eigenvalue weighted by atomic mass is 16.5. The fourth-order valence-corrected chi connectivity index (χ4v) is 5.08. The summed E-state index contributed by atoms with van der Waals surface area (Å²) in [4.78, 5) is 29.4. The second kappa shape index (κ2) is 6.99. The van der Waals surface area contributed by atoms with Crippen molar-refractivity contribution in [1.29, 1.82) is 0 Å². The van der Waals surface area contributed by atoms with Gasteiger partial charge in [-0.05, 0) is 38.8 Å². The zero-order chi connectivity index (χ0) is 21.0. The van der Waals surface area contributed by atoms with Gasteiger partial charge in [-0.15, -0.1) is 0 Å². The second-order valence-electron chi connectivity index (χ2n) is 8.79. The van der Waals surface area contributed by atoms with E-state index in [0.29, 0.717) is 23.8 Å². The largest absolute Gasteiger partial charge is 0.376 e. The number of nitrogens with zero attached hydrogens (tertiary/aromatic N) is 5. The molecule has 0 bridgehead atoms. The van der Waals surface area contributed by atoms with E-state index >= 15 is 0 Å². The van der Waals surface area contributed by atoms with Gasteiger partial charge in [-0.2, -0.15) is 0 Å². The summed E-state index contributed by atoms with van der Waals surface area (Å²) in [7, 11) is 1.80. The maximum Gasteiger partial charge on any atom is 0.264 e. The lowest BCUT2D eigenvalue weighted by Gasteiger charge is -2.41. The molecule has 2 atom stereocenters. The van der Waals surface area contributed by atoms with E-state index < -0.39 is 0 Å². The number of fused-ring (bicyclic) bond motifs is 1. The fraction of sp³-hybridized carbons (Fsp3) is 0.545. The second-order valence-corrected chi connectivity index (χ2v) is 8.79. The first-order valence-electron chi connectivity index (χ1n) is 10.6. The van der Waals surface area contributed by atoms with Gasteiger partial charge in [0, 0.05) is 49.0 Å². The molecule has 5 rings (SSSR count). The van der Waals surface area contributed by atoms with Crippen molar-refractivity contribution < 1.29 is 4.74 Å². The highest BCUT2D eigenvalue weighted by Gasteiger charge is 2.48. The molecular weight excluding hydrogens is 380 g/mol. The van der Waals surface area contributed by atoms with E-state index in [-0.39, 0.29) is 23.1 Å². The summed E-state index contributed by atoms with van der Waals surface area (Å²) in [6.45, 7) is 6.77. The highest BCUT2D eigenvalue weighted by molar-refractivity contribution is 6.15. The lowest BCUT2D eigenvalue weighted by atomic mass is 9.73. The summed E-state index contributed by atoms with van der Waals surface area (Å²) in [6, 6.07) is 3.90. The maximum atomic E-state index is 13.3. The number of ether oxygens (including phenoxy) is 1. The fourth-order valence-electron chi connectivity index (χ4n) is 5.08. The summed E-state index contributed by atoms with van der Waals surface area (Å²) in [5.74, 6) is 0.716. The molecule has 3 aliphatic heterocycles. The number of hydrogen-bond acceptors (Lipinski definition) is 7. The standard InChI is InChI=1S/C22H28N6O2/c1-13-15(5-4-8-24-13)18-17-16(11-25-18)26-21(27(3)20(17)29)28-9-6-22(7-10-28)12-30-14(2)19(22)23/h4-5,8,14,19H,6-7,9-12,23H2,1-3H3/t14-,19+/m0/s1. The minimum atomic E-state index is -0.0516. The molecule has 2 aromatic rings. The molecule has 0 aliphatic carbocycles. The molecule has 8 nitrogen and oxygen atoms in total. The molecule has 1 spiro atoms. The van der Waals surface area contributed by atoms with Gasteiger partial charge in [-0.3, -0.25) is 19.3 Å². The van der Waals surface area contributed by atoms with E-state index in [1.807, 2.05) is 19.1 Å². The van der Waals surface area contributed by atoms with E-state index in [0.717, 1.165) is 49.5 Å². The number of piperidine rings is 1. The lowest BCUT2D eigenvalue weighted by molar-refractivity contribution is 0.0973. The first-order valence-corrected chi connectivity index (χ1v) is 10.6. The van der Waals surface area contributed by atoms with Crippen LogP contribution in [0.4, 0.5) is 5.95 Å². The lowest BCUT2D eigenvalue weighted by Crippen LogP contribution is -2.51. The van der Waals surface area contributed by atoms with E-state index in [1.165, 1.54) is 0 Å². The van der Waals surface area contributed by atoms with Crippen molar-refractivity contribution in [2.75, 3.05) is 24.6 Å². The van der Waals surface area contributed by atoms with Crippen LogP contribution in [0.5, 0.6) is 0 Å².